The number of likely N-dealkylation sites (tertiary alicyclic amines) is 1. The van der Waals surface area contributed by atoms with Gasteiger partial charge in [0, 0.05) is 31.7 Å². The number of nitrogens with zero attached hydrogens (tertiary/aromatic N) is 5. The highest BCUT2D eigenvalue weighted by molar-refractivity contribution is 14.0. The van der Waals surface area contributed by atoms with Crippen LogP contribution >= 0.6 is 24.0 Å². The van der Waals surface area contributed by atoms with Crippen molar-refractivity contribution < 1.29 is 4.74 Å². The lowest BCUT2D eigenvalue weighted by Crippen LogP contribution is -2.48. The number of hydrogen-bond donors (Lipinski definition) is 0. The van der Waals surface area contributed by atoms with Crippen LogP contribution in [0.25, 0.3) is 0 Å². The molecular weight excluding hydrogens is 381 g/mol. The molecule has 7 heteroatoms. The highest BCUT2D eigenvalue weighted by atomic mass is 127. The normalized spacial score (nSPS) is 30.2. The summed E-state index contributed by atoms with van der Waals surface area (Å²) in [4.78, 5) is 4.91. The molecule has 3 fully saturated rings. The van der Waals surface area contributed by atoms with E-state index < -0.39 is 0 Å². The maximum Gasteiger partial charge on any atom is 0.147 e. The van der Waals surface area contributed by atoms with Gasteiger partial charge in [-0.05, 0) is 26.8 Å². The molecule has 21 heavy (non-hydrogen) atoms. The minimum atomic E-state index is 0. The molecule has 0 spiro atoms. The lowest BCUT2D eigenvalue weighted by Gasteiger charge is -2.33. The first-order valence-electron chi connectivity index (χ1n) is 7.67. The number of ether oxygens (including phenoxy) is 1. The third kappa shape index (κ3) is 2.97. The van der Waals surface area contributed by atoms with Gasteiger partial charge in [0.15, 0.2) is 0 Å². The van der Waals surface area contributed by atoms with Crippen molar-refractivity contribution in [1.82, 2.24) is 24.6 Å². The Morgan fingerprint density at radius 3 is 2.76 bits per heavy atom. The summed E-state index contributed by atoms with van der Waals surface area (Å²) in [5, 5.41) is 8.66. The van der Waals surface area contributed by atoms with Gasteiger partial charge in [0.05, 0.1) is 19.3 Å². The molecule has 0 radical (unpaired) electrons. The number of rotatable bonds is 3. The van der Waals surface area contributed by atoms with E-state index in [1.807, 2.05) is 0 Å². The Balaban J connectivity index is 0.00000132. The molecule has 1 aromatic rings. The molecule has 0 bridgehead atoms. The van der Waals surface area contributed by atoms with Crippen molar-refractivity contribution in [3.63, 3.8) is 0 Å². The van der Waals surface area contributed by atoms with Gasteiger partial charge in [-0.25, -0.2) is 0 Å². The molecule has 1 aromatic heterocycles. The Morgan fingerprint density at radius 2 is 2.05 bits per heavy atom. The monoisotopic (exact) mass is 405 g/mol. The van der Waals surface area contributed by atoms with Gasteiger partial charge in [0.2, 0.25) is 0 Å². The van der Waals surface area contributed by atoms with Crippen molar-refractivity contribution in [2.75, 3.05) is 33.3 Å². The molecule has 0 unspecified atom stereocenters. The summed E-state index contributed by atoms with van der Waals surface area (Å²) in [6, 6.07) is 1.20. The minimum Gasteiger partial charge on any atom is -0.374 e. The highest BCUT2D eigenvalue weighted by Crippen LogP contribution is 2.36. The third-order valence-electron chi connectivity index (χ3n) is 4.87. The van der Waals surface area contributed by atoms with E-state index in [9.17, 15) is 0 Å². The van der Waals surface area contributed by atoms with Crippen molar-refractivity contribution in [2.24, 2.45) is 0 Å². The molecule has 2 saturated heterocycles. The average molecular weight is 405 g/mol. The van der Waals surface area contributed by atoms with Crippen LogP contribution in [0.15, 0.2) is 0 Å². The fraction of sp³-hybridized carbons (Fsp3) is 0.857. The number of aryl methyl sites for hydroxylation is 1. The quantitative estimate of drug-likeness (QED) is 0.704. The van der Waals surface area contributed by atoms with Crippen LogP contribution in [-0.4, -0.2) is 70.0 Å². The average Bonchev–Trinajstić information content (AvgIpc) is 3.06. The molecule has 0 N–H and O–H groups in total. The van der Waals surface area contributed by atoms with Crippen LogP contribution in [0.4, 0.5) is 0 Å². The minimum absolute atomic E-state index is 0. The molecule has 118 valence electrons. The Morgan fingerprint density at radius 1 is 1.24 bits per heavy atom. The Bertz CT molecular complexity index is 504. The SMILES string of the molecule is Cc1nnc(CN2C[C@H]3OCCN(C)[C@H]3C2)n1C1CC1.I. The smallest absolute Gasteiger partial charge is 0.147 e. The largest absolute Gasteiger partial charge is 0.374 e. The van der Waals surface area contributed by atoms with Gasteiger partial charge in [-0.15, -0.1) is 34.2 Å². The Labute approximate surface area is 142 Å². The van der Waals surface area contributed by atoms with Crippen LogP contribution < -0.4 is 0 Å². The molecule has 0 amide bonds. The molecule has 3 aliphatic rings. The van der Waals surface area contributed by atoms with E-state index in [2.05, 4.69) is 38.5 Å². The lowest BCUT2D eigenvalue weighted by atomic mass is 10.1. The summed E-state index contributed by atoms with van der Waals surface area (Å²) in [6.45, 7) is 6.98. The predicted octanol–water partition coefficient (Wildman–Crippen LogP) is 1.05. The molecule has 6 nitrogen and oxygen atoms in total. The summed E-state index contributed by atoms with van der Waals surface area (Å²) >= 11 is 0. The van der Waals surface area contributed by atoms with Crippen LogP contribution in [0.5, 0.6) is 0 Å². The first-order chi connectivity index (χ1) is 9.72. The van der Waals surface area contributed by atoms with Crippen molar-refractivity contribution in [1.29, 1.82) is 0 Å². The summed E-state index contributed by atoms with van der Waals surface area (Å²) in [5.74, 6) is 2.19. The van der Waals surface area contributed by atoms with E-state index in [4.69, 9.17) is 4.74 Å². The van der Waals surface area contributed by atoms with Gasteiger partial charge in [0.1, 0.15) is 11.6 Å². The van der Waals surface area contributed by atoms with Crippen molar-refractivity contribution in [2.45, 2.75) is 44.5 Å². The molecule has 3 heterocycles. The van der Waals surface area contributed by atoms with Gasteiger partial charge < -0.3 is 9.30 Å². The van der Waals surface area contributed by atoms with E-state index in [1.165, 1.54) is 12.8 Å². The highest BCUT2D eigenvalue weighted by Gasteiger charge is 2.39. The molecule has 0 aromatic carbocycles. The maximum atomic E-state index is 5.91. The third-order valence-corrected chi connectivity index (χ3v) is 4.87. The zero-order chi connectivity index (χ0) is 13.7. The lowest BCUT2D eigenvalue weighted by molar-refractivity contribution is -0.0370. The van der Waals surface area contributed by atoms with E-state index in [0.29, 0.717) is 18.2 Å². The van der Waals surface area contributed by atoms with Gasteiger partial charge in [0.25, 0.3) is 0 Å². The van der Waals surface area contributed by atoms with E-state index in [0.717, 1.165) is 44.4 Å². The summed E-state index contributed by atoms with van der Waals surface area (Å²) < 4.78 is 8.25. The molecule has 4 rings (SSSR count). The predicted molar refractivity (Wildman–Crippen MR) is 89.9 cm³/mol. The number of morpholine rings is 1. The molecular formula is C14H24IN5O. The first-order valence-corrected chi connectivity index (χ1v) is 7.67. The second-order valence-corrected chi connectivity index (χ2v) is 6.42. The molecule has 1 aliphatic carbocycles. The fourth-order valence-electron chi connectivity index (χ4n) is 3.59. The first kappa shape index (κ1) is 15.6. The van der Waals surface area contributed by atoms with Gasteiger partial charge in [-0.3, -0.25) is 9.80 Å². The van der Waals surface area contributed by atoms with Crippen LogP contribution in [0.3, 0.4) is 0 Å². The van der Waals surface area contributed by atoms with Crippen LogP contribution in [0, 0.1) is 6.92 Å². The second-order valence-electron chi connectivity index (χ2n) is 6.42. The van der Waals surface area contributed by atoms with Crippen LogP contribution in [0.1, 0.15) is 30.5 Å². The fourth-order valence-corrected chi connectivity index (χ4v) is 3.59. The number of halogens is 1. The number of likely N-dealkylation sites (N-methyl/N-ethyl adjacent to an activating group) is 1. The van der Waals surface area contributed by atoms with Crippen molar-refractivity contribution >= 4 is 24.0 Å². The van der Waals surface area contributed by atoms with Crippen LogP contribution in [0.2, 0.25) is 0 Å². The molecule has 2 atom stereocenters. The van der Waals surface area contributed by atoms with Gasteiger partial charge >= 0.3 is 0 Å². The standard InChI is InChI=1S/C14H23N5O.HI/c1-10-15-16-14(19(10)11-3-4-11)9-18-7-12-13(8-18)20-6-5-17(12)2;/h11-13H,3-9H2,1-2H3;1H/t12-,13+;/m0./s1. The number of hydrogen-bond acceptors (Lipinski definition) is 5. The zero-order valence-electron chi connectivity index (χ0n) is 12.7. The Kier molecular flexibility index (Phi) is 4.54. The van der Waals surface area contributed by atoms with Crippen LogP contribution in [-0.2, 0) is 11.3 Å². The second kappa shape index (κ2) is 6.10. The number of fused-ring (bicyclic) bond motifs is 1. The molecule has 1 saturated carbocycles. The zero-order valence-corrected chi connectivity index (χ0v) is 15.1. The summed E-state index contributed by atoms with van der Waals surface area (Å²) in [6.07, 6.45) is 2.93. The van der Waals surface area contributed by atoms with E-state index >= 15 is 0 Å². The molecule has 2 aliphatic heterocycles. The Hall–Kier alpha value is -0.250. The van der Waals surface area contributed by atoms with Gasteiger partial charge in [-0.2, -0.15) is 0 Å². The summed E-state index contributed by atoms with van der Waals surface area (Å²) in [5.41, 5.74) is 0. The maximum absolute atomic E-state index is 5.91. The van der Waals surface area contributed by atoms with Crippen molar-refractivity contribution in [3.8, 4) is 0 Å². The van der Waals surface area contributed by atoms with E-state index in [1.54, 1.807) is 0 Å². The van der Waals surface area contributed by atoms with Crippen molar-refractivity contribution in [3.05, 3.63) is 11.6 Å². The van der Waals surface area contributed by atoms with Gasteiger partial charge in [-0.1, -0.05) is 0 Å². The summed E-state index contributed by atoms with van der Waals surface area (Å²) in [7, 11) is 2.21. The topological polar surface area (TPSA) is 46.4 Å². The van der Waals surface area contributed by atoms with E-state index in [-0.39, 0.29) is 24.0 Å². The number of aromatic nitrogens is 3.